The summed E-state index contributed by atoms with van der Waals surface area (Å²) in [5.74, 6) is 0.426. The molecule has 4 heterocycles. The minimum absolute atomic E-state index is 0.0767. The molecule has 0 bridgehead atoms. The summed E-state index contributed by atoms with van der Waals surface area (Å²) in [6.45, 7) is 4.74. The summed E-state index contributed by atoms with van der Waals surface area (Å²) in [5.41, 5.74) is 2.56. The Bertz CT molecular complexity index is 964. The molecule has 0 saturated carbocycles. The van der Waals surface area contributed by atoms with Gasteiger partial charge < -0.3 is 10.1 Å². The van der Waals surface area contributed by atoms with Crippen LogP contribution >= 0.6 is 0 Å². The number of amides is 1. The fourth-order valence-corrected chi connectivity index (χ4v) is 3.16. The van der Waals surface area contributed by atoms with Gasteiger partial charge in [0.2, 0.25) is 5.91 Å². The van der Waals surface area contributed by atoms with Crippen LogP contribution in [0.25, 0.3) is 22.2 Å². The molecule has 1 aliphatic rings. The molecule has 1 saturated heterocycles. The molecule has 1 fully saturated rings. The molecule has 3 aromatic rings. The summed E-state index contributed by atoms with van der Waals surface area (Å²) in [7, 11) is 1.87. The molecule has 8 heteroatoms. The zero-order valence-electron chi connectivity index (χ0n) is 15.4. The van der Waals surface area contributed by atoms with E-state index in [9.17, 15) is 4.79 Å². The van der Waals surface area contributed by atoms with E-state index in [0.29, 0.717) is 19.0 Å². The van der Waals surface area contributed by atoms with Crippen LogP contribution in [-0.2, 0) is 16.6 Å². The van der Waals surface area contributed by atoms with Gasteiger partial charge in [-0.25, -0.2) is 9.97 Å². The van der Waals surface area contributed by atoms with Crippen molar-refractivity contribution in [3.8, 4) is 11.3 Å². The molecule has 0 radical (unpaired) electrons. The summed E-state index contributed by atoms with van der Waals surface area (Å²) in [5, 5.41) is 8.01. The number of hydrogen-bond acceptors (Lipinski definition) is 6. The van der Waals surface area contributed by atoms with Crippen LogP contribution in [0.15, 0.2) is 36.8 Å². The number of nitrogens with zero attached hydrogens (tertiary/aromatic N) is 5. The van der Waals surface area contributed by atoms with Gasteiger partial charge in [-0.15, -0.1) is 0 Å². The Hall–Kier alpha value is -2.84. The normalized spacial score (nSPS) is 16.4. The average molecular weight is 366 g/mol. The summed E-state index contributed by atoms with van der Waals surface area (Å²) in [6, 6.07) is 5.49. The van der Waals surface area contributed by atoms with E-state index in [4.69, 9.17) is 4.74 Å². The highest BCUT2D eigenvalue weighted by Gasteiger charge is 2.23. The van der Waals surface area contributed by atoms with Gasteiger partial charge in [-0.1, -0.05) is 0 Å². The third-order valence-electron chi connectivity index (χ3n) is 4.80. The molecule has 1 aliphatic heterocycles. The first-order valence-corrected chi connectivity index (χ1v) is 8.98. The number of hydrogen-bond donors (Lipinski definition) is 1. The lowest BCUT2D eigenvalue weighted by Crippen LogP contribution is -2.47. The molecule has 0 aromatic carbocycles. The third-order valence-corrected chi connectivity index (χ3v) is 4.80. The summed E-state index contributed by atoms with van der Waals surface area (Å²) < 4.78 is 7.09. The lowest BCUT2D eigenvalue weighted by molar-refractivity contribution is -0.122. The number of carbonyl (C=O) groups is 1. The predicted molar refractivity (Wildman–Crippen MR) is 102 cm³/mol. The van der Waals surface area contributed by atoms with E-state index >= 15 is 0 Å². The van der Waals surface area contributed by atoms with Crippen molar-refractivity contribution >= 4 is 22.6 Å². The number of fused-ring (bicyclic) bond motifs is 1. The van der Waals surface area contributed by atoms with Gasteiger partial charge in [-0.3, -0.25) is 14.4 Å². The van der Waals surface area contributed by atoms with Crippen molar-refractivity contribution in [2.75, 3.05) is 31.6 Å². The van der Waals surface area contributed by atoms with E-state index in [1.165, 1.54) is 0 Å². The van der Waals surface area contributed by atoms with Gasteiger partial charge in [0.05, 0.1) is 36.7 Å². The molecule has 1 atom stereocenters. The minimum Gasteiger partial charge on any atom is -0.379 e. The van der Waals surface area contributed by atoms with Crippen LogP contribution in [0.4, 0.5) is 5.82 Å². The Kier molecular flexibility index (Phi) is 4.83. The van der Waals surface area contributed by atoms with Crippen LogP contribution in [0.1, 0.15) is 6.92 Å². The van der Waals surface area contributed by atoms with E-state index in [-0.39, 0.29) is 11.9 Å². The van der Waals surface area contributed by atoms with Crippen molar-refractivity contribution in [1.82, 2.24) is 24.6 Å². The zero-order chi connectivity index (χ0) is 18.8. The highest BCUT2D eigenvalue weighted by Crippen LogP contribution is 2.21. The number of morpholine rings is 1. The molecule has 1 unspecified atom stereocenters. The fraction of sp³-hybridized carbons (Fsp3) is 0.368. The van der Waals surface area contributed by atoms with Crippen molar-refractivity contribution in [2.24, 2.45) is 7.05 Å². The number of aryl methyl sites for hydroxylation is 1. The van der Waals surface area contributed by atoms with Crippen molar-refractivity contribution in [1.29, 1.82) is 0 Å². The van der Waals surface area contributed by atoms with Gasteiger partial charge >= 0.3 is 0 Å². The maximum atomic E-state index is 12.6. The zero-order valence-corrected chi connectivity index (χ0v) is 15.4. The Labute approximate surface area is 157 Å². The predicted octanol–water partition coefficient (Wildman–Crippen LogP) is 1.69. The van der Waals surface area contributed by atoms with E-state index < -0.39 is 0 Å². The van der Waals surface area contributed by atoms with Crippen LogP contribution in [0.2, 0.25) is 0 Å². The molecule has 1 amide bonds. The van der Waals surface area contributed by atoms with E-state index in [2.05, 4.69) is 25.3 Å². The number of nitrogens with one attached hydrogen (secondary N) is 1. The molecule has 8 nitrogen and oxygen atoms in total. The second kappa shape index (κ2) is 7.42. The molecule has 4 rings (SSSR count). The molecule has 3 aromatic heterocycles. The average Bonchev–Trinajstić information content (AvgIpc) is 3.14. The summed E-state index contributed by atoms with van der Waals surface area (Å²) in [6.07, 6.45) is 5.43. The van der Waals surface area contributed by atoms with Gasteiger partial charge in [0, 0.05) is 49.5 Å². The summed E-state index contributed by atoms with van der Waals surface area (Å²) in [4.78, 5) is 23.7. The SMILES string of the molecule is CC(C(=O)Nc1cc2nc(-c3cnn(C)c3)ccc2cn1)N1CCOCC1. The lowest BCUT2D eigenvalue weighted by Gasteiger charge is -2.31. The second-order valence-electron chi connectivity index (χ2n) is 6.67. The van der Waals surface area contributed by atoms with Gasteiger partial charge in [0.15, 0.2) is 0 Å². The van der Waals surface area contributed by atoms with Crippen LogP contribution in [0.5, 0.6) is 0 Å². The lowest BCUT2D eigenvalue weighted by atomic mass is 10.2. The molecule has 1 N–H and O–H groups in total. The third kappa shape index (κ3) is 3.81. The Morgan fingerprint density at radius 2 is 2.07 bits per heavy atom. The van der Waals surface area contributed by atoms with E-state index in [0.717, 1.165) is 35.2 Å². The topological polar surface area (TPSA) is 85.2 Å². The van der Waals surface area contributed by atoms with E-state index in [1.54, 1.807) is 23.1 Å². The van der Waals surface area contributed by atoms with Crippen molar-refractivity contribution in [3.63, 3.8) is 0 Å². The van der Waals surface area contributed by atoms with Gasteiger partial charge in [-0.05, 0) is 19.1 Å². The van der Waals surface area contributed by atoms with Gasteiger partial charge in [0.25, 0.3) is 0 Å². The van der Waals surface area contributed by atoms with Gasteiger partial charge in [0.1, 0.15) is 5.82 Å². The summed E-state index contributed by atoms with van der Waals surface area (Å²) >= 11 is 0. The number of rotatable bonds is 4. The Balaban J connectivity index is 1.54. The first kappa shape index (κ1) is 17.6. The first-order chi connectivity index (χ1) is 13.1. The molecule has 140 valence electrons. The van der Waals surface area contributed by atoms with E-state index in [1.807, 2.05) is 32.3 Å². The maximum absolute atomic E-state index is 12.6. The van der Waals surface area contributed by atoms with Crippen LogP contribution in [-0.4, -0.2) is 62.9 Å². The largest absolute Gasteiger partial charge is 0.379 e. The van der Waals surface area contributed by atoms with Crippen LogP contribution < -0.4 is 5.32 Å². The highest BCUT2D eigenvalue weighted by atomic mass is 16.5. The van der Waals surface area contributed by atoms with Gasteiger partial charge in [-0.2, -0.15) is 5.10 Å². The fourth-order valence-electron chi connectivity index (χ4n) is 3.16. The molecule has 0 aliphatic carbocycles. The smallest absolute Gasteiger partial charge is 0.242 e. The van der Waals surface area contributed by atoms with Crippen molar-refractivity contribution < 1.29 is 9.53 Å². The van der Waals surface area contributed by atoms with Crippen LogP contribution in [0, 0.1) is 0 Å². The number of ether oxygens (including phenoxy) is 1. The number of aromatic nitrogens is 4. The molecule has 0 spiro atoms. The van der Waals surface area contributed by atoms with Crippen molar-refractivity contribution in [2.45, 2.75) is 13.0 Å². The number of anilines is 1. The number of carbonyl (C=O) groups excluding carboxylic acids is 1. The number of pyridine rings is 2. The first-order valence-electron chi connectivity index (χ1n) is 8.98. The van der Waals surface area contributed by atoms with Crippen molar-refractivity contribution in [3.05, 3.63) is 36.8 Å². The maximum Gasteiger partial charge on any atom is 0.242 e. The Morgan fingerprint density at radius 3 is 2.81 bits per heavy atom. The molecule has 27 heavy (non-hydrogen) atoms. The second-order valence-corrected chi connectivity index (χ2v) is 6.67. The molecular formula is C19H22N6O2. The minimum atomic E-state index is -0.235. The molecular weight excluding hydrogens is 344 g/mol. The van der Waals surface area contributed by atoms with Crippen LogP contribution in [0.3, 0.4) is 0 Å². The monoisotopic (exact) mass is 366 g/mol. The Morgan fingerprint density at radius 1 is 1.26 bits per heavy atom. The standard InChI is InChI=1S/C19H22N6O2/c1-13(25-5-7-27-8-6-25)19(26)23-18-9-17-14(10-20-18)3-4-16(22-17)15-11-21-24(2)12-15/h3-4,9-13H,5-8H2,1-2H3,(H,20,23,26). The quantitative estimate of drug-likeness (QED) is 0.756. The highest BCUT2D eigenvalue weighted by molar-refractivity contribution is 5.95.